The predicted molar refractivity (Wildman–Crippen MR) is 109 cm³/mol. The van der Waals surface area contributed by atoms with Gasteiger partial charge in [-0.15, -0.1) is 0 Å². The zero-order valence-corrected chi connectivity index (χ0v) is 16.1. The SMILES string of the molecule is O=C(OCC(=O)N1CCC(c2ccccc2)=N1)c1ccc(NC2CC2)c([N+](=O)[O-])c1. The highest BCUT2D eigenvalue weighted by molar-refractivity contribution is 6.02. The highest BCUT2D eigenvalue weighted by atomic mass is 16.6. The lowest BCUT2D eigenvalue weighted by atomic mass is 10.1. The molecule has 9 heteroatoms. The average Bonchev–Trinajstić information content (AvgIpc) is 3.43. The van der Waals surface area contributed by atoms with Crippen molar-refractivity contribution < 1.29 is 19.2 Å². The summed E-state index contributed by atoms with van der Waals surface area (Å²) in [4.78, 5) is 35.4. The smallest absolute Gasteiger partial charge is 0.338 e. The number of nitrogens with zero attached hydrogens (tertiary/aromatic N) is 3. The molecular weight excluding hydrogens is 388 g/mol. The minimum absolute atomic E-state index is 0.0192. The van der Waals surface area contributed by atoms with Crippen LogP contribution in [-0.2, 0) is 9.53 Å². The molecule has 9 nitrogen and oxygen atoms in total. The maximum atomic E-state index is 12.3. The van der Waals surface area contributed by atoms with E-state index in [1.165, 1.54) is 23.2 Å². The van der Waals surface area contributed by atoms with Gasteiger partial charge in [0.2, 0.25) is 0 Å². The van der Waals surface area contributed by atoms with E-state index < -0.39 is 23.4 Å². The summed E-state index contributed by atoms with van der Waals surface area (Å²) in [5.74, 6) is -1.24. The second kappa shape index (κ2) is 8.32. The number of rotatable bonds is 7. The topological polar surface area (TPSA) is 114 Å². The molecule has 0 bridgehead atoms. The van der Waals surface area contributed by atoms with E-state index in [4.69, 9.17) is 4.74 Å². The van der Waals surface area contributed by atoms with Gasteiger partial charge in [-0.1, -0.05) is 30.3 Å². The van der Waals surface area contributed by atoms with Crippen LogP contribution in [0.4, 0.5) is 11.4 Å². The van der Waals surface area contributed by atoms with Crippen LogP contribution in [0.25, 0.3) is 0 Å². The number of hydrogen-bond donors (Lipinski definition) is 1. The molecule has 0 unspecified atom stereocenters. The number of esters is 1. The summed E-state index contributed by atoms with van der Waals surface area (Å²) in [7, 11) is 0. The molecule has 1 fully saturated rings. The molecule has 0 saturated heterocycles. The number of carbonyl (C=O) groups is 2. The van der Waals surface area contributed by atoms with Crippen molar-refractivity contribution in [3.63, 3.8) is 0 Å². The summed E-state index contributed by atoms with van der Waals surface area (Å²) in [5.41, 5.74) is 1.93. The maximum absolute atomic E-state index is 12.3. The Morgan fingerprint density at radius 2 is 1.97 bits per heavy atom. The first-order valence-electron chi connectivity index (χ1n) is 9.66. The van der Waals surface area contributed by atoms with Crippen molar-refractivity contribution in [3.05, 3.63) is 69.8 Å². The molecule has 0 aromatic heterocycles. The summed E-state index contributed by atoms with van der Waals surface area (Å²) in [6, 6.07) is 13.9. The molecule has 1 heterocycles. The van der Waals surface area contributed by atoms with Gasteiger partial charge in [0.05, 0.1) is 22.7 Å². The largest absolute Gasteiger partial charge is 0.452 e. The monoisotopic (exact) mass is 408 g/mol. The van der Waals surface area contributed by atoms with E-state index in [1.807, 2.05) is 30.3 Å². The van der Waals surface area contributed by atoms with Gasteiger partial charge in [0.25, 0.3) is 11.6 Å². The number of hydrazone groups is 1. The Balaban J connectivity index is 1.37. The number of nitrogens with one attached hydrogen (secondary N) is 1. The van der Waals surface area contributed by atoms with Gasteiger partial charge in [-0.2, -0.15) is 5.10 Å². The number of amides is 1. The standard InChI is InChI=1S/C21H20N4O5/c26-20(24-11-10-17(23-24)14-4-2-1-3-5-14)13-30-21(27)15-6-9-18(22-16-7-8-16)19(12-15)25(28)29/h1-6,9,12,16,22H,7-8,10-11,13H2. The van der Waals surface area contributed by atoms with Gasteiger partial charge >= 0.3 is 5.97 Å². The van der Waals surface area contributed by atoms with Gasteiger partial charge in [0.15, 0.2) is 6.61 Å². The molecule has 0 radical (unpaired) electrons. The third kappa shape index (κ3) is 4.45. The third-order valence-corrected chi connectivity index (χ3v) is 4.89. The highest BCUT2D eigenvalue weighted by Gasteiger charge is 2.27. The Bertz CT molecular complexity index is 1020. The molecule has 4 rings (SSSR count). The van der Waals surface area contributed by atoms with Crippen LogP contribution in [0.1, 0.15) is 35.2 Å². The average molecular weight is 408 g/mol. The fraction of sp³-hybridized carbons (Fsp3) is 0.286. The molecule has 1 amide bonds. The van der Waals surface area contributed by atoms with Crippen LogP contribution in [-0.4, -0.2) is 46.7 Å². The maximum Gasteiger partial charge on any atom is 0.338 e. The number of carbonyl (C=O) groups excluding carboxylic acids is 2. The lowest BCUT2D eigenvalue weighted by Crippen LogP contribution is -2.28. The van der Waals surface area contributed by atoms with Crippen molar-refractivity contribution in [2.45, 2.75) is 25.3 Å². The molecular formula is C21H20N4O5. The van der Waals surface area contributed by atoms with Crippen molar-refractivity contribution in [1.82, 2.24) is 5.01 Å². The number of hydrogen-bond acceptors (Lipinski definition) is 7. The van der Waals surface area contributed by atoms with Crippen LogP contribution >= 0.6 is 0 Å². The fourth-order valence-electron chi connectivity index (χ4n) is 3.14. The Kier molecular flexibility index (Phi) is 5.42. The van der Waals surface area contributed by atoms with Crippen LogP contribution in [0.5, 0.6) is 0 Å². The van der Waals surface area contributed by atoms with E-state index >= 15 is 0 Å². The van der Waals surface area contributed by atoms with Crippen LogP contribution in [0.15, 0.2) is 53.6 Å². The van der Waals surface area contributed by atoms with Gasteiger partial charge in [-0.05, 0) is 30.5 Å². The second-order valence-electron chi connectivity index (χ2n) is 7.16. The van der Waals surface area contributed by atoms with Crippen LogP contribution in [0.2, 0.25) is 0 Å². The van der Waals surface area contributed by atoms with Crippen LogP contribution < -0.4 is 5.32 Å². The van der Waals surface area contributed by atoms with Crippen LogP contribution in [0.3, 0.4) is 0 Å². The number of benzene rings is 2. The van der Waals surface area contributed by atoms with Gasteiger partial charge in [0.1, 0.15) is 5.69 Å². The Morgan fingerprint density at radius 3 is 2.67 bits per heavy atom. The normalized spacial score (nSPS) is 15.5. The Labute approximate surface area is 172 Å². The second-order valence-corrected chi connectivity index (χ2v) is 7.16. The number of nitro benzene ring substituents is 1. The van der Waals surface area contributed by atoms with E-state index in [1.54, 1.807) is 0 Å². The van der Waals surface area contributed by atoms with E-state index in [0.717, 1.165) is 24.1 Å². The van der Waals surface area contributed by atoms with Crippen molar-refractivity contribution >= 4 is 29.0 Å². The molecule has 1 aliphatic carbocycles. The predicted octanol–water partition coefficient (Wildman–Crippen LogP) is 2.96. The summed E-state index contributed by atoms with van der Waals surface area (Å²) < 4.78 is 5.07. The molecule has 2 aromatic rings. The minimum Gasteiger partial charge on any atom is -0.452 e. The van der Waals surface area contributed by atoms with Gasteiger partial charge in [0, 0.05) is 18.5 Å². The molecule has 1 aliphatic heterocycles. The van der Waals surface area contributed by atoms with Gasteiger partial charge in [-0.3, -0.25) is 14.9 Å². The van der Waals surface area contributed by atoms with Crippen molar-refractivity contribution in [3.8, 4) is 0 Å². The third-order valence-electron chi connectivity index (χ3n) is 4.89. The first-order chi connectivity index (χ1) is 14.5. The number of anilines is 1. The molecule has 1 saturated carbocycles. The van der Waals surface area contributed by atoms with Crippen LogP contribution in [0, 0.1) is 10.1 Å². The summed E-state index contributed by atoms with van der Waals surface area (Å²) in [6.07, 6.45) is 2.55. The zero-order chi connectivity index (χ0) is 21.1. The first-order valence-corrected chi connectivity index (χ1v) is 9.66. The van der Waals surface area contributed by atoms with E-state index in [2.05, 4.69) is 10.4 Å². The van der Waals surface area contributed by atoms with Gasteiger partial charge < -0.3 is 10.1 Å². The van der Waals surface area contributed by atoms with E-state index in [0.29, 0.717) is 18.7 Å². The van der Waals surface area contributed by atoms with Crippen molar-refractivity contribution in [1.29, 1.82) is 0 Å². The molecule has 0 spiro atoms. The quantitative estimate of drug-likeness (QED) is 0.428. The molecule has 2 aliphatic rings. The van der Waals surface area contributed by atoms with Gasteiger partial charge in [-0.25, -0.2) is 9.80 Å². The molecule has 2 aromatic carbocycles. The number of ether oxygens (including phenoxy) is 1. The minimum atomic E-state index is -0.795. The fourth-order valence-corrected chi connectivity index (χ4v) is 3.14. The lowest BCUT2D eigenvalue weighted by molar-refractivity contribution is -0.384. The van der Waals surface area contributed by atoms with Crippen molar-refractivity contribution in [2.75, 3.05) is 18.5 Å². The Morgan fingerprint density at radius 1 is 1.20 bits per heavy atom. The summed E-state index contributed by atoms with van der Waals surface area (Å²) >= 11 is 0. The van der Waals surface area contributed by atoms with Crippen molar-refractivity contribution in [2.24, 2.45) is 5.10 Å². The number of nitro groups is 1. The summed E-state index contributed by atoms with van der Waals surface area (Å²) in [5, 5.41) is 20.0. The Hall–Kier alpha value is -3.75. The van der Waals surface area contributed by atoms with E-state index in [-0.39, 0.29) is 17.3 Å². The summed E-state index contributed by atoms with van der Waals surface area (Å²) in [6.45, 7) is -0.0755. The zero-order valence-electron chi connectivity index (χ0n) is 16.1. The molecule has 154 valence electrons. The molecule has 0 atom stereocenters. The molecule has 1 N–H and O–H groups in total. The van der Waals surface area contributed by atoms with E-state index in [9.17, 15) is 19.7 Å². The first kappa shape index (κ1) is 19.6. The lowest BCUT2D eigenvalue weighted by Gasteiger charge is -2.12. The molecule has 30 heavy (non-hydrogen) atoms. The highest BCUT2D eigenvalue weighted by Crippen LogP contribution is 2.31.